The molecule has 0 aliphatic heterocycles. The average Bonchev–Trinajstić information content (AvgIpc) is 2.72. The second-order valence-corrected chi connectivity index (χ2v) is 7.56. The number of nitrogens with one attached hydrogen (secondary N) is 1. The summed E-state index contributed by atoms with van der Waals surface area (Å²) in [5, 5.41) is 4.81. The topological polar surface area (TPSA) is 86.2 Å². The van der Waals surface area contributed by atoms with Crippen molar-refractivity contribution in [1.29, 1.82) is 0 Å². The Balaban J connectivity index is 1.97. The van der Waals surface area contributed by atoms with E-state index < -0.39 is 5.97 Å². The van der Waals surface area contributed by atoms with Gasteiger partial charge in [0.05, 0.1) is 30.7 Å². The van der Waals surface area contributed by atoms with Gasteiger partial charge in [0.1, 0.15) is 0 Å². The maximum Gasteiger partial charge on any atom is 0.343 e. The minimum absolute atomic E-state index is 0.199. The first kappa shape index (κ1) is 23.9. The van der Waals surface area contributed by atoms with E-state index in [1.54, 1.807) is 31.2 Å². The first-order valence-corrected chi connectivity index (χ1v) is 10.5. The number of ether oxygens (including phenoxy) is 3. The Bertz CT molecular complexity index is 907. The number of carbonyl (C=O) groups is 2. The van der Waals surface area contributed by atoms with Gasteiger partial charge in [-0.15, -0.1) is 11.8 Å². The van der Waals surface area contributed by atoms with E-state index in [1.165, 1.54) is 25.1 Å². The predicted octanol–water partition coefficient (Wildman–Crippen LogP) is 4.19. The third kappa shape index (κ3) is 7.78. The molecule has 0 fully saturated rings. The van der Waals surface area contributed by atoms with Crippen LogP contribution in [0.15, 0.2) is 46.4 Å². The first-order valence-electron chi connectivity index (χ1n) is 8.79. The van der Waals surface area contributed by atoms with Crippen molar-refractivity contribution >= 4 is 53.1 Å². The Kier molecular flexibility index (Phi) is 9.79. The molecule has 160 valence electrons. The fourth-order valence-corrected chi connectivity index (χ4v) is 3.24. The molecule has 1 N–H and O–H groups in total. The number of esters is 1. The van der Waals surface area contributed by atoms with Gasteiger partial charge in [-0.05, 0) is 48.9 Å². The van der Waals surface area contributed by atoms with Crippen LogP contribution in [0.4, 0.5) is 0 Å². The third-order valence-electron chi connectivity index (χ3n) is 3.48. The van der Waals surface area contributed by atoms with E-state index in [-0.39, 0.29) is 29.0 Å². The van der Waals surface area contributed by atoms with Gasteiger partial charge in [0.15, 0.2) is 18.1 Å². The smallest absolute Gasteiger partial charge is 0.343 e. The fourth-order valence-electron chi connectivity index (χ4n) is 2.15. The van der Waals surface area contributed by atoms with Crippen LogP contribution >= 0.6 is 35.0 Å². The number of thioether (sulfide) groups is 1. The van der Waals surface area contributed by atoms with Crippen molar-refractivity contribution in [2.75, 3.05) is 26.1 Å². The van der Waals surface area contributed by atoms with E-state index in [4.69, 9.17) is 32.7 Å². The lowest BCUT2D eigenvalue weighted by Crippen LogP contribution is -2.19. The summed E-state index contributed by atoms with van der Waals surface area (Å²) in [6, 6.07) is 10.4. The summed E-state index contributed by atoms with van der Waals surface area (Å²) in [6.45, 7) is 1.87. The first-order chi connectivity index (χ1) is 14.4. The van der Waals surface area contributed by atoms with E-state index >= 15 is 0 Å². The number of halogens is 2. The molecule has 2 aromatic rings. The second kappa shape index (κ2) is 12.3. The van der Waals surface area contributed by atoms with Gasteiger partial charge >= 0.3 is 5.97 Å². The normalized spacial score (nSPS) is 10.7. The molecule has 0 bridgehead atoms. The molecule has 0 spiro atoms. The highest BCUT2D eigenvalue weighted by Gasteiger charge is 2.14. The Labute approximate surface area is 188 Å². The summed E-state index contributed by atoms with van der Waals surface area (Å²) in [5.41, 5.74) is 3.04. The van der Waals surface area contributed by atoms with Gasteiger partial charge in [-0.2, -0.15) is 5.10 Å². The van der Waals surface area contributed by atoms with Gasteiger partial charge in [-0.1, -0.05) is 23.2 Å². The van der Waals surface area contributed by atoms with E-state index in [2.05, 4.69) is 15.3 Å². The zero-order chi connectivity index (χ0) is 21.9. The van der Waals surface area contributed by atoms with E-state index in [0.717, 1.165) is 4.90 Å². The lowest BCUT2D eigenvalue weighted by Gasteiger charge is -2.13. The highest BCUT2D eigenvalue weighted by atomic mass is 35.5. The van der Waals surface area contributed by atoms with Crippen LogP contribution in [-0.4, -0.2) is 44.2 Å². The zero-order valence-corrected chi connectivity index (χ0v) is 18.6. The Morgan fingerprint density at radius 1 is 1.17 bits per heavy atom. The van der Waals surface area contributed by atoms with Gasteiger partial charge < -0.3 is 14.2 Å². The maximum atomic E-state index is 12.0. The van der Waals surface area contributed by atoms with Gasteiger partial charge in [0.2, 0.25) is 5.91 Å². The molecule has 0 aromatic heterocycles. The molecule has 1 amide bonds. The van der Waals surface area contributed by atoms with Crippen molar-refractivity contribution in [1.82, 2.24) is 5.43 Å². The number of rotatable bonds is 10. The van der Waals surface area contributed by atoms with E-state index in [1.807, 2.05) is 12.1 Å². The fraction of sp³-hybridized carbons (Fsp3) is 0.250. The monoisotopic (exact) mass is 470 g/mol. The number of carbonyl (C=O) groups excluding carboxylic acids is 2. The van der Waals surface area contributed by atoms with Crippen LogP contribution in [0.1, 0.15) is 12.5 Å². The Morgan fingerprint density at radius 2 is 1.90 bits per heavy atom. The van der Waals surface area contributed by atoms with Crippen LogP contribution in [0.2, 0.25) is 10.0 Å². The number of benzene rings is 2. The SMILES string of the molecule is CCOc1cc(/C=N\NC(=O)CSc2ccc(Cl)cc2)cc(Cl)c1OCC(=O)OC. The van der Waals surface area contributed by atoms with Gasteiger partial charge in [0, 0.05) is 9.92 Å². The molecule has 2 rings (SSSR count). The van der Waals surface area contributed by atoms with E-state index in [9.17, 15) is 9.59 Å². The molecule has 7 nitrogen and oxygen atoms in total. The Hall–Kier alpha value is -2.42. The predicted molar refractivity (Wildman–Crippen MR) is 118 cm³/mol. The summed E-state index contributed by atoms with van der Waals surface area (Å²) in [7, 11) is 1.26. The molecule has 0 heterocycles. The molecule has 0 unspecified atom stereocenters. The van der Waals surface area contributed by atoms with Crippen LogP contribution in [0, 0.1) is 0 Å². The van der Waals surface area contributed by atoms with Gasteiger partial charge in [-0.25, -0.2) is 10.2 Å². The third-order valence-corrected chi connectivity index (χ3v) is 5.02. The van der Waals surface area contributed by atoms with Crippen LogP contribution in [0.25, 0.3) is 0 Å². The van der Waals surface area contributed by atoms with E-state index in [0.29, 0.717) is 22.9 Å². The lowest BCUT2D eigenvalue weighted by atomic mass is 10.2. The van der Waals surface area contributed by atoms with Gasteiger partial charge in [-0.3, -0.25) is 4.79 Å². The van der Waals surface area contributed by atoms with Crippen LogP contribution in [0.5, 0.6) is 11.5 Å². The molecule has 0 saturated heterocycles. The van der Waals surface area contributed by atoms with Crippen LogP contribution < -0.4 is 14.9 Å². The number of amides is 1. The number of methoxy groups -OCH3 is 1. The number of hydrazone groups is 1. The van der Waals surface area contributed by atoms with Crippen molar-refractivity contribution < 1.29 is 23.8 Å². The number of nitrogens with zero attached hydrogens (tertiary/aromatic N) is 1. The largest absolute Gasteiger partial charge is 0.490 e. The quantitative estimate of drug-likeness (QED) is 0.242. The highest BCUT2D eigenvalue weighted by molar-refractivity contribution is 8.00. The molecule has 10 heteroatoms. The summed E-state index contributed by atoms with van der Waals surface area (Å²) in [6.07, 6.45) is 1.43. The van der Waals surface area contributed by atoms with Crippen LogP contribution in [0.3, 0.4) is 0 Å². The zero-order valence-electron chi connectivity index (χ0n) is 16.3. The summed E-state index contributed by atoms with van der Waals surface area (Å²) >= 11 is 13.5. The molecular weight excluding hydrogens is 451 g/mol. The molecule has 30 heavy (non-hydrogen) atoms. The lowest BCUT2D eigenvalue weighted by molar-refractivity contribution is -0.142. The summed E-state index contributed by atoms with van der Waals surface area (Å²) in [4.78, 5) is 24.2. The molecule has 2 aromatic carbocycles. The van der Waals surface area contributed by atoms with Crippen molar-refractivity contribution in [3.8, 4) is 11.5 Å². The molecule has 0 atom stereocenters. The number of hydrogen-bond donors (Lipinski definition) is 1. The van der Waals surface area contributed by atoms with Crippen LogP contribution in [-0.2, 0) is 14.3 Å². The van der Waals surface area contributed by atoms with Crippen molar-refractivity contribution in [2.45, 2.75) is 11.8 Å². The number of hydrogen-bond acceptors (Lipinski definition) is 7. The van der Waals surface area contributed by atoms with Gasteiger partial charge in [0.25, 0.3) is 0 Å². The summed E-state index contributed by atoms with van der Waals surface area (Å²) in [5.74, 6) is -0.0346. The molecule has 0 aliphatic rings. The molecule has 0 radical (unpaired) electrons. The van der Waals surface area contributed by atoms with Crippen molar-refractivity contribution in [2.24, 2.45) is 5.10 Å². The highest BCUT2D eigenvalue weighted by Crippen LogP contribution is 2.36. The maximum absolute atomic E-state index is 12.0. The molecular formula is C20H20Cl2N2O5S. The molecule has 0 aliphatic carbocycles. The minimum atomic E-state index is -0.543. The van der Waals surface area contributed by atoms with Crippen molar-refractivity contribution in [3.05, 3.63) is 52.0 Å². The Morgan fingerprint density at radius 3 is 2.57 bits per heavy atom. The molecule has 0 saturated carbocycles. The minimum Gasteiger partial charge on any atom is -0.490 e. The average molecular weight is 471 g/mol. The van der Waals surface area contributed by atoms with Crippen molar-refractivity contribution in [3.63, 3.8) is 0 Å². The summed E-state index contributed by atoms with van der Waals surface area (Å²) < 4.78 is 15.5. The second-order valence-electron chi connectivity index (χ2n) is 5.66. The standard InChI is InChI=1S/C20H20Cl2N2O5S/c1-3-28-17-9-13(8-16(22)20(17)29-11-19(26)27-2)10-23-24-18(25)12-30-15-6-4-14(21)5-7-15/h4-10H,3,11-12H2,1-2H3,(H,24,25)/b23-10-.